The van der Waals surface area contributed by atoms with E-state index in [9.17, 15) is 9.59 Å². The highest BCUT2D eigenvalue weighted by atomic mass is 32.2. The predicted molar refractivity (Wildman–Crippen MR) is 106 cm³/mol. The Balaban J connectivity index is 1.78. The molecule has 0 aliphatic carbocycles. The van der Waals surface area contributed by atoms with E-state index in [4.69, 9.17) is 12.2 Å². The summed E-state index contributed by atoms with van der Waals surface area (Å²) in [6, 6.07) is 16.8. The lowest BCUT2D eigenvalue weighted by molar-refractivity contribution is -0.120. The lowest BCUT2D eigenvalue weighted by Crippen LogP contribution is -2.34. The van der Waals surface area contributed by atoms with Crippen molar-refractivity contribution in [3.05, 3.63) is 88.3 Å². The first-order valence-electron chi connectivity index (χ1n) is 7.67. The SMILES string of the molecule is Cc1ccc(C(=O)N2C(=O)C(=CC=Cc3ccccc3)SC2=S)cc1. The molecule has 2 aromatic carbocycles. The van der Waals surface area contributed by atoms with Gasteiger partial charge >= 0.3 is 0 Å². The van der Waals surface area contributed by atoms with Gasteiger partial charge in [-0.05, 0) is 30.7 Å². The molecule has 25 heavy (non-hydrogen) atoms. The molecule has 2 aromatic rings. The predicted octanol–water partition coefficient (Wildman–Crippen LogP) is 4.59. The van der Waals surface area contributed by atoms with Gasteiger partial charge in [0, 0.05) is 5.56 Å². The summed E-state index contributed by atoms with van der Waals surface area (Å²) >= 11 is 6.36. The summed E-state index contributed by atoms with van der Waals surface area (Å²) in [4.78, 5) is 26.6. The van der Waals surface area contributed by atoms with Gasteiger partial charge in [-0.3, -0.25) is 9.59 Å². The number of carbonyl (C=O) groups excluding carboxylic acids is 2. The third kappa shape index (κ3) is 3.95. The number of hydrogen-bond donors (Lipinski definition) is 0. The van der Waals surface area contributed by atoms with Crippen molar-refractivity contribution in [2.75, 3.05) is 0 Å². The van der Waals surface area contributed by atoms with Crippen LogP contribution in [0.15, 0.2) is 71.7 Å². The average molecular weight is 365 g/mol. The minimum absolute atomic E-state index is 0.259. The Morgan fingerprint density at radius 1 is 1.08 bits per heavy atom. The fraction of sp³-hybridized carbons (Fsp3) is 0.0500. The van der Waals surface area contributed by atoms with E-state index in [1.165, 1.54) is 0 Å². The molecular formula is C20H15NO2S2. The summed E-state index contributed by atoms with van der Waals surface area (Å²) in [5, 5.41) is 0. The van der Waals surface area contributed by atoms with Crippen LogP contribution in [-0.2, 0) is 4.79 Å². The number of imide groups is 1. The number of nitrogens with zero attached hydrogens (tertiary/aromatic N) is 1. The lowest BCUT2D eigenvalue weighted by Gasteiger charge is -2.12. The highest BCUT2D eigenvalue weighted by Gasteiger charge is 2.36. The minimum Gasteiger partial charge on any atom is -0.268 e. The van der Waals surface area contributed by atoms with E-state index < -0.39 is 5.91 Å². The van der Waals surface area contributed by atoms with Crippen LogP contribution in [0.3, 0.4) is 0 Å². The van der Waals surface area contributed by atoms with Gasteiger partial charge in [0.05, 0.1) is 4.91 Å². The zero-order valence-electron chi connectivity index (χ0n) is 13.5. The molecule has 0 spiro atoms. The minimum atomic E-state index is -0.391. The van der Waals surface area contributed by atoms with Crippen LogP contribution in [0, 0.1) is 6.92 Å². The molecule has 2 amide bonds. The standard InChI is InChI=1S/C20H15NO2S2/c1-14-10-12-16(13-11-14)18(22)21-19(23)17(25-20(21)24)9-5-8-15-6-3-2-4-7-15/h2-13H,1H3. The van der Waals surface area contributed by atoms with Crippen LogP contribution in [0.2, 0.25) is 0 Å². The van der Waals surface area contributed by atoms with Crippen molar-refractivity contribution in [3.63, 3.8) is 0 Å². The Morgan fingerprint density at radius 3 is 2.44 bits per heavy atom. The topological polar surface area (TPSA) is 37.4 Å². The van der Waals surface area contributed by atoms with Gasteiger partial charge in [0.2, 0.25) is 0 Å². The first-order chi connectivity index (χ1) is 12.1. The third-order valence-corrected chi connectivity index (χ3v) is 4.95. The molecule has 1 heterocycles. The molecule has 0 saturated carbocycles. The molecule has 0 aromatic heterocycles. The molecule has 124 valence electrons. The second kappa shape index (κ2) is 7.59. The zero-order valence-corrected chi connectivity index (χ0v) is 15.1. The number of thioether (sulfide) groups is 1. The van der Waals surface area contributed by atoms with Crippen molar-refractivity contribution in [1.29, 1.82) is 0 Å². The van der Waals surface area contributed by atoms with Gasteiger partial charge in [-0.2, -0.15) is 0 Å². The molecule has 1 saturated heterocycles. The van der Waals surface area contributed by atoms with Gasteiger partial charge in [-0.1, -0.05) is 84.2 Å². The molecule has 0 unspecified atom stereocenters. The van der Waals surface area contributed by atoms with E-state index in [2.05, 4.69) is 0 Å². The number of hydrogen-bond acceptors (Lipinski definition) is 4. The summed E-state index contributed by atoms with van der Waals surface area (Å²) in [5.74, 6) is -0.767. The van der Waals surface area contributed by atoms with Crippen LogP contribution in [-0.4, -0.2) is 21.0 Å². The van der Waals surface area contributed by atoms with Crippen molar-refractivity contribution in [2.45, 2.75) is 6.92 Å². The van der Waals surface area contributed by atoms with E-state index in [0.29, 0.717) is 10.5 Å². The Bertz CT molecular complexity index is 884. The monoisotopic (exact) mass is 365 g/mol. The Morgan fingerprint density at radius 2 is 1.76 bits per heavy atom. The Hall–Kier alpha value is -2.50. The van der Waals surface area contributed by atoms with Crippen molar-refractivity contribution < 1.29 is 9.59 Å². The maximum absolute atomic E-state index is 12.6. The molecule has 3 rings (SSSR count). The zero-order chi connectivity index (χ0) is 17.8. The molecule has 0 atom stereocenters. The summed E-state index contributed by atoms with van der Waals surface area (Å²) in [7, 11) is 0. The summed E-state index contributed by atoms with van der Waals surface area (Å²) in [6.45, 7) is 1.94. The van der Waals surface area contributed by atoms with Crippen LogP contribution in [0.25, 0.3) is 6.08 Å². The number of thiocarbonyl (C=S) groups is 1. The molecule has 0 N–H and O–H groups in total. The maximum Gasteiger partial charge on any atom is 0.273 e. The number of benzene rings is 2. The molecule has 1 aliphatic heterocycles. The van der Waals surface area contributed by atoms with Crippen LogP contribution in [0.4, 0.5) is 0 Å². The van der Waals surface area contributed by atoms with E-state index >= 15 is 0 Å². The third-order valence-electron chi connectivity index (χ3n) is 3.63. The number of aryl methyl sites for hydroxylation is 1. The van der Waals surface area contributed by atoms with Crippen molar-refractivity contribution >= 4 is 46.2 Å². The quantitative estimate of drug-likeness (QED) is 0.453. The average Bonchev–Trinajstić information content (AvgIpc) is 2.90. The summed E-state index contributed by atoms with van der Waals surface area (Å²) in [6.07, 6.45) is 5.38. The molecule has 1 aliphatic rings. The van der Waals surface area contributed by atoms with Gasteiger partial charge in [-0.25, -0.2) is 4.90 Å². The highest BCUT2D eigenvalue weighted by molar-refractivity contribution is 8.26. The van der Waals surface area contributed by atoms with Gasteiger partial charge in [0.15, 0.2) is 4.32 Å². The van der Waals surface area contributed by atoms with Crippen molar-refractivity contribution in [2.24, 2.45) is 0 Å². The normalized spacial score (nSPS) is 16.2. The second-order valence-electron chi connectivity index (χ2n) is 5.48. The first kappa shape index (κ1) is 17.3. The van der Waals surface area contributed by atoms with Crippen LogP contribution >= 0.6 is 24.0 Å². The van der Waals surface area contributed by atoms with Crippen molar-refractivity contribution in [3.8, 4) is 0 Å². The van der Waals surface area contributed by atoms with Crippen molar-refractivity contribution in [1.82, 2.24) is 4.90 Å². The number of carbonyl (C=O) groups is 2. The second-order valence-corrected chi connectivity index (χ2v) is 7.16. The molecule has 3 nitrogen and oxygen atoms in total. The molecule has 0 bridgehead atoms. The van der Waals surface area contributed by atoms with E-state index in [1.54, 1.807) is 24.3 Å². The van der Waals surface area contributed by atoms with Gasteiger partial charge in [0.1, 0.15) is 0 Å². The summed E-state index contributed by atoms with van der Waals surface area (Å²) < 4.78 is 0.259. The summed E-state index contributed by atoms with van der Waals surface area (Å²) in [5.41, 5.74) is 2.53. The molecule has 0 radical (unpaired) electrons. The Labute approximate surface area is 156 Å². The van der Waals surface area contributed by atoms with Gasteiger partial charge in [-0.15, -0.1) is 0 Å². The molecular weight excluding hydrogens is 350 g/mol. The fourth-order valence-electron chi connectivity index (χ4n) is 2.29. The molecule has 1 fully saturated rings. The van der Waals surface area contributed by atoms with Gasteiger partial charge < -0.3 is 0 Å². The van der Waals surface area contributed by atoms with Crippen LogP contribution in [0.1, 0.15) is 21.5 Å². The van der Waals surface area contributed by atoms with E-state index in [0.717, 1.165) is 27.8 Å². The lowest BCUT2D eigenvalue weighted by atomic mass is 10.1. The fourth-order valence-corrected chi connectivity index (χ4v) is 3.50. The van der Waals surface area contributed by atoms with Crippen LogP contribution < -0.4 is 0 Å². The van der Waals surface area contributed by atoms with Crippen LogP contribution in [0.5, 0.6) is 0 Å². The molecule has 5 heteroatoms. The smallest absolute Gasteiger partial charge is 0.268 e. The Kier molecular flexibility index (Phi) is 5.26. The number of amides is 2. The van der Waals surface area contributed by atoms with Gasteiger partial charge in [0.25, 0.3) is 11.8 Å². The highest BCUT2D eigenvalue weighted by Crippen LogP contribution is 2.32. The number of allylic oxidation sites excluding steroid dienone is 2. The number of rotatable bonds is 3. The maximum atomic E-state index is 12.6. The van der Waals surface area contributed by atoms with E-state index in [1.807, 2.05) is 55.5 Å². The largest absolute Gasteiger partial charge is 0.273 e. The first-order valence-corrected chi connectivity index (χ1v) is 8.89. The van der Waals surface area contributed by atoms with E-state index in [-0.39, 0.29) is 10.2 Å².